The van der Waals surface area contributed by atoms with Gasteiger partial charge in [-0.15, -0.1) is 0 Å². The van der Waals surface area contributed by atoms with Gasteiger partial charge in [0.1, 0.15) is 5.54 Å². The fourth-order valence-corrected chi connectivity index (χ4v) is 1.05. The van der Waals surface area contributed by atoms with Crippen LogP contribution < -0.4 is 0 Å². The van der Waals surface area contributed by atoms with Gasteiger partial charge in [0, 0.05) is 0 Å². The fraction of sp³-hybridized carbons (Fsp3) is 0.778. The number of carbonyl (C=O) groups is 1. The Labute approximate surface area is 97.8 Å². The Morgan fingerprint density at radius 1 is 1.60 bits per heavy atom. The number of halogens is 1. The van der Waals surface area contributed by atoms with Crippen LogP contribution in [-0.2, 0) is 4.79 Å². The van der Waals surface area contributed by atoms with E-state index >= 15 is 0 Å². The lowest BCUT2D eigenvalue weighted by molar-refractivity contribution is -0.179. The second-order valence-corrected chi connectivity index (χ2v) is 4.88. The summed E-state index contributed by atoms with van der Waals surface area (Å²) in [5.74, 6) is -0.453. The Bertz CT molecular complexity index is 266. The van der Waals surface area contributed by atoms with Gasteiger partial charge in [0.15, 0.2) is 0 Å². The summed E-state index contributed by atoms with van der Waals surface area (Å²) >= 11 is 3.15. The van der Waals surface area contributed by atoms with Crippen molar-refractivity contribution in [3.05, 3.63) is 0 Å². The summed E-state index contributed by atoms with van der Waals surface area (Å²) in [7, 11) is 0. The molecule has 0 spiro atoms. The molecule has 0 aromatic heterocycles. The molecule has 0 rings (SSSR count). The van der Waals surface area contributed by atoms with E-state index in [1.165, 1.54) is 6.92 Å². The molecule has 1 amide bonds. The van der Waals surface area contributed by atoms with Crippen LogP contribution >= 0.6 is 15.9 Å². The van der Waals surface area contributed by atoms with Crippen molar-refractivity contribution in [2.45, 2.75) is 44.5 Å². The number of nitrogens with zero attached hydrogens (tertiary/aromatic N) is 2. The molecule has 0 bridgehead atoms. The van der Waals surface area contributed by atoms with Gasteiger partial charge >= 0.3 is 0 Å². The van der Waals surface area contributed by atoms with Gasteiger partial charge in [-0.2, -0.15) is 0 Å². The highest BCUT2D eigenvalue weighted by molar-refractivity contribution is 9.10. The van der Waals surface area contributed by atoms with Crippen LogP contribution in [0, 0.1) is 0 Å². The number of alkyl halides is 1. The van der Waals surface area contributed by atoms with Crippen LogP contribution in [-0.4, -0.2) is 37.5 Å². The van der Waals surface area contributed by atoms with E-state index in [9.17, 15) is 10.0 Å². The number of carbonyl (C=O) groups excluding carboxylic acids is 1. The van der Waals surface area contributed by atoms with Gasteiger partial charge in [-0.05, 0) is 27.2 Å². The summed E-state index contributed by atoms with van der Waals surface area (Å²) in [6.07, 6.45) is 0.571. The Balaban J connectivity index is 4.84. The monoisotopic (exact) mass is 280 g/mol. The Kier molecular flexibility index (Phi) is 5.23. The Morgan fingerprint density at radius 2 is 2.07 bits per heavy atom. The summed E-state index contributed by atoms with van der Waals surface area (Å²) in [5.41, 5.74) is -0.762. The maximum absolute atomic E-state index is 11.6. The minimum absolute atomic E-state index is 0.258. The summed E-state index contributed by atoms with van der Waals surface area (Å²) < 4.78 is 0. The van der Waals surface area contributed by atoms with Crippen molar-refractivity contribution in [2.75, 3.05) is 0 Å². The van der Waals surface area contributed by atoms with Gasteiger partial charge in [-0.1, -0.05) is 28.0 Å². The summed E-state index contributed by atoms with van der Waals surface area (Å²) in [6.45, 7) is 6.54. The molecule has 1 atom stereocenters. The second-order valence-electron chi connectivity index (χ2n) is 3.77. The number of oxime groups is 1. The van der Waals surface area contributed by atoms with E-state index in [-0.39, 0.29) is 5.71 Å². The molecule has 0 heterocycles. The number of hydroxylamine groups is 2. The highest BCUT2D eigenvalue weighted by Gasteiger charge is 2.35. The average Bonchev–Trinajstić information content (AvgIpc) is 2.24. The van der Waals surface area contributed by atoms with Gasteiger partial charge in [-0.3, -0.25) is 10.0 Å². The predicted molar refractivity (Wildman–Crippen MR) is 60.6 cm³/mol. The van der Waals surface area contributed by atoms with Crippen LogP contribution in [0.1, 0.15) is 34.1 Å². The van der Waals surface area contributed by atoms with Crippen molar-refractivity contribution in [3.63, 3.8) is 0 Å². The average molecular weight is 281 g/mol. The van der Waals surface area contributed by atoms with Crippen LogP contribution in [0.15, 0.2) is 5.16 Å². The zero-order valence-corrected chi connectivity index (χ0v) is 10.9. The molecule has 0 saturated heterocycles. The maximum atomic E-state index is 11.6. The van der Waals surface area contributed by atoms with Gasteiger partial charge in [-0.25, -0.2) is 5.06 Å². The molecule has 0 fully saturated rings. The van der Waals surface area contributed by atoms with E-state index in [2.05, 4.69) is 21.1 Å². The number of amides is 1. The lowest BCUT2D eigenvalue weighted by atomic mass is 9.98. The molecule has 0 aromatic rings. The minimum atomic E-state index is -1.02. The summed E-state index contributed by atoms with van der Waals surface area (Å²) in [5, 5.41) is 21.9. The third-order valence-electron chi connectivity index (χ3n) is 2.40. The molecule has 0 aliphatic rings. The van der Waals surface area contributed by atoms with Crippen molar-refractivity contribution in [3.8, 4) is 0 Å². The highest BCUT2D eigenvalue weighted by Crippen LogP contribution is 2.18. The topological polar surface area (TPSA) is 73.1 Å². The summed E-state index contributed by atoms with van der Waals surface area (Å²) in [6, 6.07) is 0. The largest absolute Gasteiger partial charge is 0.411 e. The van der Waals surface area contributed by atoms with E-state index in [0.29, 0.717) is 11.5 Å². The molecule has 0 aliphatic carbocycles. The van der Waals surface area contributed by atoms with Crippen LogP contribution in [0.4, 0.5) is 0 Å². The molecule has 0 saturated carbocycles. The molecule has 88 valence electrons. The molecule has 1 unspecified atom stereocenters. The van der Waals surface area contributed by atoms with E-state index < -0.39 is 16.3 Å². The fourth-order valence-electron chi connectivity index (χ4n) is 0.858. The van der Waals surface area contributed by atoms with Gasteiger partial charge < -0.3 is 5.21 Å². The molecule has 2 N–H and O–H groups in total. The minimum Gasteiger partial charge on any atom is -0.411 e. The van der Waals surface area contributed by atoms with Crippen molar-refractivity contribution in [1.29, 1.82) is 0 Å². The lowest BCUT2D eigenvalue weighted by Gasteiger charge is -2.33. The van der Waals surface area contributed by atoms with Crippen molar-refractivity contribution in [2.24, 2.45) is 5.16 Å². The number of hydrogen-bond donors (Lipinski definition) is 2. The first kappa shape index (κ1) is 14.4. The first-order valence-electron chi connectivity index (χ1n) is 4.65. The number of rotatable bonds is 4. The van der Waals surface area contributed by atoms with E-state index in [1.54, 1.807) is 13.8 Å². The van der Waals surface area contributed by atoms with Crippen molar-refractivity contribution < 1.29 is 15.2 Å². The number of hydrogen-bond acceptors (Lipinski definition) is 4. The molecule has 5 nitrogen and oxygen atoms in total. The van der Waals surface area contributed by atoms with Gasteiger partial charge in [0.2, 0.25) is 0 Å². The quantitative estimate of drug-likeness (QED) is 0.272. The van der Waals surface area contributed by atoms with Crippen LogP contribution in [0.5, 0.6) is 0 Å². The van der Waals surface area contributed by atoms with Gasteiger partial charge in [0.25, 0.3) is 5.91 Å². The first-order valence-corrected chi connectivity index (χ1v) is 5.56. The standard InChI is InChI=1S/C9H17BrN2O3/c1-5-7(10)8(13)12(15)9(3,4)6(2)11-14/h7,14-15H,5H2,1-4H3/b11-6+. The second kappa shape index (κ2) is 5.46. The summed E-state index contributed by atoms with van der Waals surface area (Å²) in [4.78, 5) is 11.2. The Hall–Kier alpha value is -0.620. The first-order chi connectivity index (χ1) is 6.78. The van der Waals surface area contributed by atoms with E-state index in [1.807, 2.05) is 6.92 Å². The van der Waals surface area contributed by atoms with E-state index in [0.717, 1.165) is 0 Å². The molecule has 0 aliphatic heterocycles. The molecule has 6 heteroatoms. The third kappa shape index (κ3) is 3.17. The van der Waals surface area contributed by atoms with E-state index in [4.69, 9.17) is 5.21 Å². The maximum Gasteiger partial charge on any atom is 0.260 e. The van der Waals surface area contributed by atoms with Crippen LogP contribution in [0.3, 0.4) is 0 Å². The predicted octanol–water partition coefficient (Wildman–Crippen LogP) is 2.01. The smallest absolute Gasteiger partial charge is 0.260 e. The van der Waals surface area contributed by atoms with Crippen LogP contribution in [0.2, 0.25) is 0 Å². The molecular weight excluding hydrogens is 264 g/mol. The molecule has 0 aromatic carbocycles. The molecule has 0 radical (unpaired) electrons. The third-order valence-corrected chi connectivity index (χ3v) is 3.44. The Morgan fingerprint density at radius 3 is 2.40 bits per heavy atom. The SMILES string of the molecule is CCC(Br)C(=O)N(O)C(C)(C)/C(C)=N/O. The van der Waals surface area contributed by atoms with Crippen molar-refractivity contribution >= 4 is 27.5 Å². The van der Waals surface area contributed by atoms with Crippen LogP contribution in [0.25, 0.3) is 0 Å². The highest BCUT2D eigenvalue weighted by atomic mass is 79.9. The molecule has 15 heavy (non-hydrogen) atoms. The zero-order chi connectivity index (χ0) is 12.2. The zero-order valence-electron chi connectivity index (χ0n) is 9.36. The lowest BCUT2D eigenvalue weighted by Crippen LogP contribution is -2.52. The van der Waals surface area contributed by atoms with Gasteiger partial charge in [0.05, 0.1) is 10.5 Å². The van der Waals surface area contributed by atoms with Crippen molar-refractivity contribution in [1.82, 2.24) is 5.06 Å². The molecular formula is C9H17BrN2O3. The normalized spacial score (nSPS) is 14.9.